The Labute approximate surface area is 203 Å². The van der Waals surface area contributed by atoms with Crippen molar-refractivity contribution in [1.82, 2.24) is 4.90 Å². The molecular weight excluding hydrogens is 430 g/mol. The van der Waals surface area contributed by atoms with Crippen molar-refractivity contribution in [2.24, 2.45) is 5.92 Å². The molecular formula is C28H37NO5. The quantitative estimate of drug-likeness (QED) is 0.473. The van der Waals surface area contributed by atoms with E-state index in [9.17, 15) is 4.79 Å². The summed E-state index contributed by atoms with van der Waals surface area (Å²) in [4.78, 5) is 14.9. The summed E-state index contributed by atoms with van der Waals surface area (Å²) in [5, 5.41) is 0. The number of hydrogen-bond acceptors (Lipinski definition) is 5. The molecule has 0 spiro atoms. The average molecular weight is 468 g/mol. The number of nitrogens with zero attached hydrogens (tertiary/aromatic N) is 1. The van der Waals surface area contributed by atoms with E-state index in [4.69, 9.17) is 18.9 Å². The Kier molecular flexibility index (Phi) is 9.28. The van der Waals surface area contributed by atoms with E-state index >= 15 is 0 Å². The van der Waals surface area contributed by atoms with E-state index in [1.807, 2.05) is 81.4 Å². The summed E-state index contributed by atoms with van der Waals surface area (Å²) < 4.78 is 24.2. The smallest absolute Gasteiger partial charge is 0.410 e. The molecule has 3 rings (SSSR count). The Morgan fingerprint density at radius 1 is 0.971 bits per heavy atom. The monoisotopic (exact) mass is 467 g/mol. The fraction of sp³-hybridized carbons (Fsp3) is 0.464. The number of piperidine rings is 1. The zero-order valence-electron chi connectivity index (χ0n) is 20.7. The van der Waals surface area contributed by atoms with Gasteiger partial charge in [0.25, 0.3) is 0 Å². The number of rotatable bonds is 9. The molecule has 0 saturated carbocycles. The fourth-order valence-corrected chi connectivity index (χ4v) is 4.22. The second kappa shape index (κ2) is 12.2. The second-order valence-corrected chi connectivity index (χ2v) is 9.60. The summed E-state index contributed by atoms with van der Waals surface area (Å²) in [7, 11) is 1.66. The van der Waals surface area contributed by atoms with E-state index in [0.29, 0.717) is 26.4 Å². The van der Waals surface area contributed by atoms with Gasteiger partial charge in [-0.05, 0) is 31.9 Å². The first-order valence-corrected chi connectivity index (χ1v) is 11.7. The molecule has 1 fully saturated rings. The van der Waals surface area contributed by atoms with Crippen molar-refractivity contribution in [2.45, 2.75) is 57.8 Å². The summed E-state index contributed by atoms with van der Waals surface area (Å²) in [6, 6.07) is 19.6. The van der Waals surface area contributed by atoms with Crippen LogP contribution < -0.4 is 0 Å². The molecule has 0 radical (unpaired) electrons. The van der Waals surface area contributed by atoms with Crippen LogP contribution in [0.2, 0.25) is 0 Å². The lowest BCUT2D eigenvalue weighted by Gasteiger charge is -2.47. The number of ether oxygens (including phenoxy) is 4. The van der Waals surface area contributed by atoms with Crippen LogP contribution in [0.3, 0.4) is 0 Å². The van der Waals surface area contributed by atoms with Crippen LogP contribution in [0, 0.1) is 5.92 Å². The van der Waals surface area contributed by atoms with Gasteiger partial charge in [0.15, 0.2) is 0 Å². The first-order valence-electron chi connectivity index (χ1n) is 11.7. The van der Waals surface area contributed by atoms with Crippen LogP contribution in [0.15, 0.2) is 73.3 Å². The van der Waals surface area contributed by atoms with Gasteiger partial charge >= 0.3 is 6.09 Å². The molecule has 0 bridgehead atoms. The van der Waals surface area contributed by atoms with E-state index in [2.05, 4.69) is 6.58 Å². The zero-order valence-corrected chi connectivity index (χ0v) is 20.7. The molecule has 4 atom stereocenters. The molecule has 1 aliphatic heterocycles. The lowest BCUT2D eigenvalue weighted by Crippen LogP contribution is -2.62. The summed E-state index contributed by atoms with van der Waals surface area (Å²) in [5.41, 5.74) is 1.51. The van der Waals surface area contributed by atoms with Crippen molar-refractivity contribution >= 4 is 6.09 Å². The highest BCUT2D eigenvalue weighted by Gasteiger charge is 2.46. The van der Waals surface area contributed by atoms with Crippen LogP contribution in [0.1, 0.15) is 31.9 Å². The lowest BCUT2D eigenvalue weighted by molar-refractivity contribution is -0.164. The molecule has 0 aromatic heterocycles. The van der Waals surface area contributed by atoms with Gasteiger partial charge in [-0.2, -0.15) is 0 Å². The molecule has 0 unspecified atom stereocenters. The highest BCUT2D eigenvalue weighted by molar-refractivity contribution is 5.69. The first kappa shape index (κ1) is 25.9. The minimum Gasteiger partial charge on any atom is -0.444 e. The Balaban J connectivity index is 1.88. The highest BCUT2D eigenvalue weighted by Crippen LogP contribution is 2.31. The lowest BCUT2D eigenvalue weighted by atomic mass is 9.87. The van der Waals surface area contributed by atoms with E-state index < -0.39 is 23.8 Å². The molecule has 0 aliphatic carbocycles. The summed E-state index contributed by atoms with van der Waals surface area (Å²) >= 11 is 0. The van der Waals surface area contributed by atoms with Crippen LogP contribution in [-0.2, 0) is 32.2 Å². The maximum absolute atomic E-state index is 13.2. The largest absolute Gasteiger partial charge is 0.444 e. The fourth-order valence-electron chi connectivity index (χ4n) is 4.22. The van der Waals surface area contributed by atoms with E-state index in [1.165, 1.54) is 0 Å². The highest BCUT2D eigenvalue weighted by atomic mass is 16.6. The summed E-state index contributed by atoms with van der Waals surface area (Å²) in [5.74, 6) is -0.0989. The standard InChI is InChI=1S/C28H37NO5/c1-6-24-26(33-19-22-15-11-8-12-16-22)25(32-18-21-13-9-7-10-14-21)23(20-31-5)17-29(24)27(30)34-28(2,3)4/h6-16,23-26H,1,17-20H2,2-5H3/t23-,24-,25-,26-/m1/s1. The Morgan fingerprint density at radius 2 is 1.50 bits per heavy atom. The van der Waals surface area contributed by atoms with Gasteiger partial charge in [0, 0.05) is 19.6 Å². The molecule has 34 heavy (non-hydrogen) atoms. The molecule has 1 saturated heterocycles. The number of likely N-dealkylation sites (tertiary alicyclic amines) is 1. The van der Waals surface area contributed by atoms with Crippen molar-refractivity contribution < 1.29 is 23.7 Å². The molecule has 1 heterocycles. The van der Waals surface area contributed by atoms with E-state index in [-0.39, 0.29) is 12.0 Å². The van der Waals surface area contributed by atoms with Gasteiger partial charge in [-0.3, -0.25) is 4.90 Å². The van der Waals surface area contributed by atoms with Gasteiger partial charge in [-0.25, -0.2) is 4.79 Å². The number of carbonyl (C=O) groups excluding carboxylic acids is 1. The van der Waals surface area contributed by atoms with Crippen LogP contribution >= 0.6 is 0 Å². The normalized spacial score (nSPS) is 22.9. The van der Waals surface area contributed by atoms with Gasteiger partial charge < -0.3 is 18.9 Å². The third-order valence-corrected chi connectivity index (χ3v) is 5.74. The van der Waals surface area contributed by atoms with E-state index in [1.54, 1.807) is 18.1 Å². The predicted octanol–water partition coefficient (Wildman–Crippen LogP) is 5.23. The van der Waals surface area contributed by atoms with Crippen molar-refractivity contribution in [3.05, 3.63) is 84.4 Å². The Bertz CT molecular complexity index is 896. The number of carbonyl (C=O) groups is 1. The molecule has 2 aromatic carbocycles. The van der Waals surface area contributed by atoms with Crippen molar-refractivity contribution in [3.63, 3.8) is 0 Å². The van der Waals surface area contributed by atoms with Gasteiger partial charge in [-0.15, -0.1) is 6.58 Å². The van der Waals surface area contributed by atoms with Crippen molar-refractivity contribution in [1.29, 1.82) is 0 Å². The topological polar surface area (TPSA) is 57.2 Å². The van der Waals surface area contributed by atoms with Crippen LogP contribution in [-0.4, -0.2) is 55.1 Å². The molecule has 1 amide bonds. The second-order valence-electron chi connectivity index (χ2n) is 9.60. The average Bonchev–Trinajstić information content (AvgIpc) is 2.82. The SMILES string of the molecule is C=C[C@@H]1[C@@H](OCc2ccccc2)[C@H](OCc2ccccc2)[C@@H](COC)CN1C(=O)OC(C)(C)C. The van der Waals surface area contributed by atoms with Crippen LogP contribution in [0.5, 0.6) is 0 Å². The first-order chi connectivity index (χ1) is 16.3. The molecule has 0 N–H and O–H groups in total. The number of methoxy groups -OCH3 is 1. The third kappa shape index (κ3) is 7.16. The maximum Gasteiger partial charge on any atom is 0.410 e. The summed E-state index contributed by atoms with van der Waals surface area (Å²) in [6.07, 6.45) is 0.614. The molecule has 6 heteroatoms. The predicted molar refractivity (Wildman–Crippen MR) is 132 cm³/mol. The maximum atomic E-state index is 13.2. The third-order valence-electron chi connectivity index (χ3n) is 5.74. The molecule has 184 valence electrons. The number of hydrogen-bond donors (Lipinski definition) is 0. The van der Waals surface area contributed by atoms with E-state index in [0.717, 1.165) is 11.1 Å². The van der Waals surface area contributed by atoms with Gasteiger partial charge in [0.1, 0.15) is 11.7 Å². The van der Waals surface area contributed by atoms with Crippen molar-refractivity contribution in [2.75, 3.05) is 20.3 Å². The van der Waals surface area contributed by atoms with Gasteiger partial charge in [0.05, 0.1) is 32.0 Å². The van der Waals surface area contributed by atoms with Gasteiger partial charge in [-0.1, -0.05) is 66.7 Å². The number of benzene rings is 2. The van der Waals surface area contributed by atoms with Gasteiger partial charge in [0.2, 0.25) is 0 Å². The van der Waals surface area contributed by atoms with Crippen LogP contribution in [0.4, 0.5) is 4.79 Å². The molecule has 2 aromatic rings. The number of amides is 1. The van der Waals surface area contributed by atoms with Crippen LogP contribution in [0.25, 0.3) is 0 Å². The zero-order chi connectivity index (χ0) is 24.6. The molecule has 6 nitrogen and oxygen atoms in total. The van der Waals surface area contributed by atoms with Crippen molar-refractivity contribution in [3.8, 4) is 0 Å². The summed E-state index contributed by atoms with van der Waals surface area (Å²) in [6.45, 7) is 11.3. The Morgan fingerprint density at radius 3 is 1.97 bits per heavy atom. The Hall–Kier alpha value is -2.67. The minimum absolute atomic E-state index is 0.0989. The minimum atomic E-state index is -0.611. The molecule has 1 aliphatic rings.